The average molecular weight is 620 g/mol. The molecule has 6 nitrogen and oxygen atoms in total. The number of carbonyl (C=O) groups excluding carboxylic acids is 2. The first kappa shape index (κ1) is 32.7. The summed E-state index contributed by atoms with van der Waals surface area (Å²) in [5.74, 6) is -0.198. The summed E-state index contributed by atoms with van der Waals surface area (Å²) in [6, 6.07) is 11.3. The lowest BCUT2D eigenvalue weighted by Gasteiger charge is -2.50. The smallest absolute Gasteiger partial charge is 0.253 e. The molecule has 0 spiro atoms. The molecule has 2 aromatic rings. The molecule has 0 saturated carbocycles. The van der Waals surface area contributed by atoms with Gasteiger partial charge in [-0.1, -0.05) is 35.7 Å². The first-order valence-corrected chi connectivity index (χ1v) is 16.2. The Kier molecular flexibility index (Phi) is 11.7. The van der Waals surface area contributed by atoms with E-state index in [1.165, 1.54) is 30.7 Å². The van der Waals surface area contributed by atoms with Gasteiger partial charge in [-0.25, -0.2) is 4.39 Å². The Labute approximate surface area is 260 Å². The number of halogens is 3. The van der Waals surface area contributed by atoms with Crippen molar-refractivity contribution in [3.63, 3.8) is 0 Å². The highest BCUT2D eigenvalue weighted by molar-refractivity contribution is 6.42. The van der Waals surface area contributed by atoms with E-state index in [-0.39, 0.29) is 17.6 Å². The standard InChI is InChI=1S/C33H45Cl2FN4O2/c1-4-39(5-2)32(42)33(40-18-7-6-8-19-40)16-21-38(22-17-33)20-15-27(26-11-14-29(34)30(35)23-26)24-37(3)31(41)25-9-12-28(36)13-10-25/h9-14,23,27H,4-8,15-22,24H2,1-3H3. The van der Waals surface area contributed by atoms with E-state index in [4.69, 9.17) is 23.2 Å². The van der Waals surface area contributed by atoms with Gasteiger partial charge in [0.15, 0.2) is 0 Å². The van der Waals surface area contributed by atoms with E-state index in [0.29, 0.717) is 28.1 Å². The van der Waals surface area contributed by atoms with Gasteiger partial charge in [-0.3, -0.25) is 14.5 Å². The molecule has 0 aliphatic carbocycles. The van der Waals surface area contributed by atoms with Gasteiger partial charge in [0.25, 0.3) is 5.91 Å². The minimum absolute atomic E-state index is 0.0280. The summed E-state index contributed by atoms with van der Waals surface area (Å²) < 4.78 is 13.4. The highest BCUT2D eigenvalue weighted by Gasteiger charge is 2.47. The summed E-state index contributed by atoms with van der Waals surface area (Å²) >= 11 is 12.6. The largest absolute Gasteiger partial charge is 0.342 e. The van der Waals surface area contributed by atoms with Crippen molar-refractivity contribution in [2.24, 2.45) is 0 Å². The molecular formula is C33H45Cl2FN4O2. The first-order chi connectivity index (χ1) is 20.2. The van der Waals surface area contributed by atoms with Gasteiger partial charge in [0.05, 0.1) is 10.0 Å². The number of hydrogen-bond acceptors (Lipinski definition) is 4. The predicted molar refractivity (Wildman–Crippen MR) is 169 cm³/mol. The average Bonchev–Trinajstić information content (AvgIpc) is 3.01. The molecule has 0 radical (unpaired) electrons. The molecule has 2 saturated heterocycles. The Morgan fingerprint density at radius 2 is 1.57 bits per heavy atom. The van der Waals surface area contributed by atoms with E-state index in [2.05, 4.69) is 23.6 Å². The van der Waals surface area contributed by atoms with Crippen LogP contribution in [0.1, 0.15) is 74.2 Å². The predicted octanol–water partition coefficient (Wildman–Crippen LogP) is 6.57. The van der Waals surface area contributed by atoms with Crippen LogP contribution in [0, 0.1) is 5.82 Å². The molecule has 1 unspecified atom stereocenters. The second kappa shape index (κ2) is 15.0. The van der Waals surface area contributed by atoms with Gasteiger partial charge >= 0.3 is 0 Å². The third kappa shape index (κ3) is 7.65. The number of benzene rings is 2. The van der Waals surface area contributed by atoms with Crippen molar-refractivity contribution in [1.29, 1.82) is 0 Å². The number of rotatable bonds is 11. The molecule has 2 aliphatic rings. The van der Waals surface area contributed by atoms with Crippen LogP contribution in [-0.4, -0.2) is 96.4 Å². The van der Waals surface area contributed by atoms with Crippen LogP contribution in [0.2, 0.25) is 10.0 Å². The van der Waals surface area contributed by atoms with Crippen LogP contribution in [-0.2, 0) is 4.79 Å². The van der Waals surface area contributed by atoms with Gasteiger partial charge in [-0.05, 0) is 108 Å². The molecule has 0 N–H and O–H groups in total. The second-order valence-corrected chi connectivity index (χ2v) is 12.6. The Hall–Kier alpha value is -2.19. The van der Waals surface area contributed by atoms with E-state index >= 15 is 0 Å². The first-order valence-electron chi connectivity index (χ1n) is 15.4. The molecule has 0 bridgehead atoms. The van der Waals surface area contributed by atoms with Crippen LogP contribution in [0.15, 0.2) is 42.5 Å². The molecule has 1 atom stereocenters. The summed E-state index contributed by atoms with van der Waals surface area (Å²) in [6.45, 7) is 10.7. The quantitative estimate of drug-likeness (QED) is 0.286. The maximum absolute atomic E-state index is 13.9. The number of nitrogens with zero attached hydrogens (tertiary/aromatic N) is 4. The molecule has 2 heterocycles. The fraction of sp³-hybridized carbons (Fsp3) is 0.576. The Balaban J connectivity index is 1.46. The number of carbonyl (C=O) groups is 2. The van der Waals surface area contributed by atoms with Crippen LogP contribution in [0.4, 0.5) is 4.39 Å². The number of likely N-dealkylation sites (tertiary alicyclic amines) is 2. The molecule has 2 aliphatic heterocycles. The van der Waals surface area contributed by atoms with E-state index < -0.39 is 5.54 Å². The normalized spacial score (nSPS) is 18.4. The van der Waals surface area contributed by atoms with E-state index in [1.54, 1.807) is 18.0 Å². The van der Waals surface area contributed by atoms with Gasteiger partial charge in [-0.2, -0.15) is 0 Å². The summed E-state index contributed by atoms with van der Waals surface area (Å²) in [5, 5.41) is 0.990. The molecule has 42 heavy (non-hydrogen) atoms. The summed E-state index contributed by atoms with van der Waals surface area (Å²) in [6.07, 6.45) is 6.05. The number of piperidine rings is 2. The summed E-state index contributed by atoms with van der Waals surface area (Å²) in [5.41, 5.74) is 1.07. The topological polar surface area (TPSA) is 47.1 Å². The van der Waals surface area contributed by atoms with Crippen molar-refractivity contribution in [2.45, 2.75) is 63.8 Å². The molecule has 2 amide bonds. The summed E-state index contributed by atoms with van der Waals surface area (Å²) in [4.78, 5) is 35.7. The molecule has 0 aromatic heterocycles. The van der Waals surface area contributed by atoms with Crippen LogP contribution >= 0.6 is 23.2 Å². The van der Waals surface area contributed by atoms with Crippen LogP contribution < -0.4 is 0 Å². The zero-order valence-electron chi connectivity index (χ0n) is 25.3. The lowest BCUT2D eigenvalue weighted by Crippen LogP contribution is -2.64. The van der Waals surface area contributed by atoms with Crippen molar-refractivity contribution < 1.29 is 14.0 Å². The van der Waals surface area contributed by atoms with E-state index in [1.807, 2.05) is 17.0 Å². The SMILES string of the molecule is CCN(CC)C(=O)C1(N2CCCCC2)CCN(CCC(CN(C)C(=O)c2ccc(F)cc2)c2ccc(Cl)c(Cl)c2)CC1. The van der Waals surface area contributed by atoms with Gasteiger partial charge in [0.1, 0.15) is 11.4 Å². The highest BCUT2D eigenvalue weighted by atomic mass is 35.5. The molecule has 2 fully saturated rings. The molecule has 230 valence electrons. The number of amides is 2. The van der Waals surface area contributed by atoms with Gasteiger partial charge in [0, 0.05) is 51.3 Å². The van der Waals surface area contributed by atoms with Crippen molar-refractivity contribution in [3.05, 3.63) is 69.5 Å². The van der Waals surface area contributed by atoms with Gasteiger partial charge in [0.2, 0.25) is 5.91 Å². The van der Waals surface area contributed by atoms with Crippen LogP contribution in [0.3, 0.4) is 0 Å². The third-order valence-electron chi connectivity index (χ3n) is 9.23. The van der Waals surface area contributed by atoms with Crippen molar-refractivity contribution >= 4 is 35.0 Å². The maximum Gasteiger partial charge on any atom is 0.253 e. The number of hydrogen-bond donors (Lipinski definition) is 0. The van der Waals surface area contributed by atoms with E-state index in [0.717, 1.165) is 83.5 Å². The van der Waals surface area contributed by atoms with Crippen LogP contribution in [0.25, 0.3) is 0 Å². The third-order valence-corrected chi connectivity index (χ3v) is 9.97. The molecule has 4 rings (SSSR count). The highest BCUT2D eigenvalue weighted by Crippen LogP contribution is 2.35. The fourth-order valence-corrected chi connectivity index (χ4v) is 6.94. The Morgan fingerprint density at radius 3 is 2.17 bits per heavy atom. The fourth-order valence-electron chi connectivity index (χ4n) is 6.63. The van der Waals surface area contributed by atoms with Gasteiger partial charge < -0.3 is 14.7 Å². The second-order valence-electron chi connectivity index (χ2n) is 11.8. The maximum atomic E-state index is 13.9. The van der Waals surface area contributed by atoms with Crippen molar-refractivity contribution in [2.75, 3.05) is 59.4 Å². The summed E-state index contributed by atoms with van der Waals surface area (Å²) in [7, 11) is 1.78. The minimum Gasteiger partial charge on any atom is -0.342 e. The number of likely N-dealkylation sites (N-methyl/N-ethyl adjacent to an activating group) is 2. The molecule has 9 heteroatoms. The van der Waals surface area contributed by atoms with E-state index in [9.17, 15) is 14.0 Å². The molecule has 2 aromatic carbocycles. The van der Waals surface area contributed by atoms with Crippen LogP contribution in [0.5, 0.6) is 0 Å². The lowest BCUT2D eigenvalue weighted by molar-refractivity contribution is -0.149. The minimum atomic E-state index is -0.409. The Bertz CT molecular complexity index is 1190. The monoisotopic (exact) mass is 618 g/mol. The lowest BCUT2D eigenvalue weighted by atomic mass is 9.82. The van der Waals surface area contributed by atoms with Crippen molar-refractivity contribution in [3.8, 4) is 0 Å². The Morgan fingerprint density at radius 1 is 0.929 bits per heavy atom. The molecular weight excluding hydrogens is 574 g/mol. The zero-order valence-corrected chi connectivity index (χ0v) is 26.8. The van der Waals surface area contributed by atoms with Crippen molar-refractivity contribution in [1.82, 2.24) is 19.6 Å². The zero-order chi connectivity index (χ0) is 30.3. The van der Waals surface area contributed by atoms with Gasteiger partial charge in [-0.15, -0.1) is 0 Å².